The Morgan fingerprint density at radius 1 is 1.12 bits per heavy atom. The molecule has 1 saturated heterocycles. The van der Waals surface area contributed by atoms with Crippen molar-refractivity contribution in [3.63, 3.8) is 0 Å². The average molecular weight is 372 g/mol. The van der Waals surface area contributed by atoms with Gasteiger partial charge in [0.1, 0.15) is 0 Å². The number of nitrogens with one attached hydrogen (secondary N) is 2. The number of aryl methyl sites for hydroxylation is 2. The summed E-state index contributed by atoms with van der Waals surface area (Å²) in [7, 11) is 0. The Balaban J connectivity index is 1.48. The molecule has 0 spiro atoms. The van der Waals surface area contributed by atoms with Gasteiger partial charge >= 0.3 is 0 Å². The van der Waals surface area contributed by atoms with E-state index in [1.54, 1.807) is 0 Å². The van der Waals surface area contributed by atoms with Crippen molar-refractivity contribution in [2.45, 2.75) is 33.1 Å². The Hall–Kier alpha value is -2.20. The molecule has 1 amide bonds. The Labute approximate surface area is 160 Å². The number of hydrogen-bond donors (Lipinski definition) is 2. The number of halogens is 1. The maximum absolute atomic E-state index is 12.2. The van der Waals surface area contributed by atoms with Gasteiger partial charge < -0.3 is 15.5 Å². The number of anilines is 3. The van der Waals surface area contributed by atoms with Crippen molar-refractivity contribution in [2.24, 2.45) is 0 Å². The summed E-state index contributed by atoms with van der Waals surface area (Å²) in [5.74, 6) is -0.0416. The second-order valence-electron chi connectivity index (χ2n) is 6.90. The Morgan fingerprint density at radius 2 is 1.81 bits per heavy atom. The highest BCUT2D eigenvalue weighted by atomic mass is 35.5. The maximum atomic E-state index is 12.2. The summed E-state index contributed by atoms with van der Waals surface area (Å²) in [6.07, 6.45) is 2.94. The Kier molecular flexibility index (Phi) is 6.04. The van der Waals surface area contributed by atoms with E-state index in [4.69, 9.17) is 11.6 Å². The molecule has 1 heterocycles. The van der Waals surface area contributed by atoms with E-state index in [0.717, 1.165) is 29.9 Å². The van der Waals surface area contributed by atoms with Crippen LogP contribution in [0.15, 0.2) is 36.4 Å². The van der Waals surface area contributed by atoms with E-state index in [1.807, 2.05) is 26.0 Å². The molecule has 3 rings (SSSR count). The van der Waals surface area contributed by atoms with Gasteiger partial charge in [-0.3, -0.25) is 4.79 Å². The molecule has 0 atom stereocenters. The molecule has 0 radical (unpaired) electrons. The fourth-order valence-electron chi connectivity index (χ4n) is 3.36. The van der Waals surface area contributed by atoms with Gasteiger partial charge in [0.15, 0.2) is 0 Å². The van der Waals surface area contributed by atoms with Crippen LogP contribution >= 0.6 is 11.6 Å². The first kappa shape index (κ1) is 18.6. The first-order chi connectivity index (χ1) is 12.5. The van der Waals surface area contributed by atoms with Crippen LogP contribution in [0.1, 0.15) is 30.4 Å². The third-order valence-electron chi connectivity index (χ3n) is 4.72. The number of benzene rings is 2. The van der Waals surface area contributed by atoms with Gasteiger partial charge in [0.25, 0.3) is 0 Å². The monoisotopic (exact) mass is 371 g/mol. The second-order valence-corrected chi connectivity index (χ2v) is 7.31. The van der Waals surface area contributed by atoms with E-state index in [2.05, 4.69) is 39.8 Å². The fourth-order valence-corrected chi connectivity index (χ4v) is 3.73. The molecule has 26 heavy (non-hydrogen) atoms. The number of carbonyl (C=O) groups excluding carboxylic acids is 1. The quantitative estimate of drug-likeness (QED) is 0.751. The Morgan fingerprint density at radius 3 is 2.46 bits per heavy atom. The van der Waals surface area contributed by atoms with E-state index >= 15 is 0 Å². The van der Waals surface area contributed by atoms with Crippen LogP contribution < -0.4 is 15.5 Å². The molecular weight excluding hydrogens is 346 g/mol. The normalized spacial score (nSPS) is 13.7. The molecule has 0 unspecified atom stereocenters. The van der Waals surface area contributed by atoms with E-state index in [1.165, 1.54) is 18.5 Å². The summed E-state index contributed by atoms with van der Waals surface area (Å²) in [5, 5.41) is 6.81. The predicted molar refractivity (Wildman–Crippen MR) is 111 cm³/mol. The number of nitrogens with zero attached hydrogens (tertiary/aromatic N) is 1. The van der Waals surface area contributed by atoms with Crippen molar-refractivity contribution < 1.29 is 4.79 Å². The summed E-state index contributed by atoms with van der Waals surface area (Å²) in [6, 6.07) is 12.3. The lowest BCUT2D eigenvalue weighted by molar-refractivity contribution is -0.115. The van der Waals surface area contributed by atoms with E-state index in [0.29, 0.717) is 23.7 Å². The molecule has 0 aliphatic carbocycles. The standard InChI is InChI=1S/C21H26ClN3O/c1-15-13-16(2)21(19(22)14-15)24-20(26)9-10-23-17-5-7-18(8-6-17)25-11-3-4-12-25/h5-8,13-14,23H,3-4,9-12H2,1-2H3,(H,24,26). The van der Waals surface area contributed by atoms with Gasteiger partial charge in [0, 0.05) is 37.4 Å². The minimum Gasteiger partial charge on any atom is -0.385 e. The number of carbonyl (C=O) groups is 1. The van der Waals surface area contributed by atoms with Crippen LogP contribution in [-0.2, 0) is 4.79 Å². The second kappa shape index (κ2) is 8.45. The summed E-state index contributed by atoms with van der Waals surface area (Å²) in [4.78, 5) is 14.6. The number of rotatable bonds is 6. The summed E-state index contributed by atoms with van der Waals surface area (Å²) in [5.41, 5.74) is 5.08. The molecule has 1 aliphatic rings. The topological polar surface area (TPSA) is 44.4 Å². The molecule has 0 aromatic heterocycles. The van der Waals surface area contributed by atoms with Crippen LogP contribution in [-0.4, -0.2) is 25.5 Å². The molecule has 4 nitrogen and oxygen atoms in total. The third-order valence-corrected chi connectivity index (χ3v) is 5.01. The molecule has 138 valence electrons. The fraction of sp³-hybridized carbons (Fsp3) is 0.381. The predicted octanol–water partition coefficient (Wildman–Crippen LogP) is 5.00. The van der Waals surface area contributed by atoms with Crippen LogP contribution in [0.4, 0.5) is 17.1 Å². The SMILES string of the molecule is Cc1cc(C)c(NC(=O)CCNc2ccc(N3CCCC3)cc2)c(Cl)c1. The van der Waals surface area contributed by atoms with Gasteiger partial charge in [0.2, 0.25) is 5.91 Å². The molecule has 2 aromatic rings. The van der Waals surface area contributed by atoms with Crippen LogP contribution in [0.2, 0.25) is 5.02 Å². The zero-order valence-corrected chi connectivity index (χ0v) is 16.2. The van der Waals surface area contributed by atoms with E-state index in [9.17, 15) is 4.79 Å². The van der Waals surface area contributed by atoms with Crippen LogP contribution in [0.3, 0.4) is 0 Å². The minimum atomic E-state index is -0.0416. The van der Waals surface area contributed by atoms with Crippen LogP contribution in [0, 0.1) is 13.8 Å². The number of hydrogen-bond acceptors (Lipinski definition) is 3. The summed E-state index contributed by atoms with van der Waals surface area (Å²) in [6.45, 7) is 6.82. The highest BCUT2D eigenvalue weighted by Crippen LogP contribution is 2.27. The summed E-state index contributed by atoms with van der Waals surface area (Å²) >= 11 is 6.24. The van der Waals surface area contributed by atoms with Gasteiger partial charge in [-0.05, 0) is 68.1 Å². The van der Waals surface area contributed by atoms with Gasteiger partial charge in [-0.15, -0.1) is 0 Å². The van der Waals surface area contributed by atoms with Crippen molar-refractivity contribution in [2.75, 3.05) is 35.2 Å². The van der Waals surface area contributed by atoms with Crippen LogP contribution in [0.25, 0.3) is 0 Å². The molecule has 5 heteroatoms. The van der Waals surface area contributed by atoms with Crippen molar-refractivity contribution in [3.8, 4) is 0 Å². The van der Waals surface area contributed by atoms with Gasteiger partial charge in [-0.25, -0.2) is 0 Å². The minimum absolute atomic E-state index is 0.0416. The first-order valence-corrected chi connectivity index (χ1v) is 9.56. The largest absolute Gasteiger partial charge is 0.385 e. The third kappa shape index (κ3) is 4.70. The van der Waals surface area contributed by atoms with E-state index < -0.39 is 0 Å². The highest BCUT2D eigenvalue weighted by molar-refractivity contribution is 6.34. The molecule has 2 aromatic carbocycles. The molecule has 1 aliphatic heterocycles. The first-order valence-electron chi connectivity index (χ1n) is 9.18. The van der Waals surface area contributed by atoms with Gasteiger partial charge in [-0.1, -0.05) is 17.7 Å². The molecule has 0 bridgehead atoms. The zero-order valence-electron chi connectivity index (χ0n) is 15.4. The van der Waals surface area contributed by atoms with Crippen molar-refractivity contribution in [1.29, 1.82) is 0 Å². The van der Waals surface area contributed by atoms with Crippen molar-refractivity contribution >= 4 is 34.6 Å². The molecule has 0 saturated carbocycles. The molecule has 1 fully saturated rings. The van der Waals surface area contributed by atoms with Gasteiger partial charge in [-0.2, -0.15) is 0 Å². The van der Waals surface area contributed by atoms with Crippen LogP contribution in [0.5, 0.6) is 0 Å². The zero-order chi connectivity index (χ0) is 18.5. The van der Waals surface area contributed by atoms with Gasteiger partial charge in [0.05, 0.1) is 10.7 Å². The number of amides is 1. The van der Waals surface area contributed by atoms with Crippen molar-refractivity contribution in [1.82, 2.24) is 0 Å². The lowest BCUT2D eigenvalue weighted by atomic mass is 10.1. The molecule has 2 N–H and O–H groups in total. The lowest BCUT2D eigenvalue weighted by Gasteiger charge is -2.18. The highest BCUT2D eigenvalue weighted by Gasteiger charge is 2.12. The molecular formula is C21H26ClN3O. The smallest absolute Gasteiger partial charge is 0.226 e. The van der Waals surface area contributed by atoms with Crippen molar-refractivity contribution in [3.05, 3.63) is 52.5 Å². The Bertz CT molecular complexity index is 744. The average Bonchev–Trinajstić information content (AvgIpc) is 3.13. The summed E-state index contributed by atoms with van der Waals surface area (Å²) < 4.78 is 0. The van der Waals surface area contributed by atoms with E-state index in [-0.39, 0.29) is 5.91 Å². The maximum Gasteiger partial charge on any atom is 0.226 e. The lowest BCUT2D eigenvalue weighted by Crippen LogP contribution is -2.18.